The highest BCUT2D eigenvalue weighted by Crippen LogP contribution is 2.17. The summed E-state index contributed by atoms with van der Waals surface area (Å²) in [6.45, 7) is 3.68. The maximum absolute atomic E-state index is 12.9. The van der Waals surface area contributed by atoms with Crippen molar-refractivity contribution in [2.45, 2.75) is 33.4 Å². The average Bonchev–Trinajstić information content (AvgIpc) is 2.98. The molecule has 0 aliphatic heterocycles. The van der Waals surface area contributed by atoms with Crippen molar-refractivity contribution in [1.82, 2.24) is 19.3 Å². The van der Waals surface area contributed by atoms with Gasteiger partial charge < -0.3 is 5.32 Å². The molecular formula is C17H18ClN5O3. The summed E-state index contributed by atoms with van der Waals surface area (Å²) in [4.78, 5) is 37.1. The van der Waals surface area contributed by atoms with Crippen molar-refractivity contribution in [3.05, 3.63) is 55.7 Å². The maximum atomic E-state index is 12.9. The van der Waals surface area contributed by atoms with E-state index >= 15 is 0 Å². The maximum Gasteiger partial charge on any atom is 0.332 e. The van der Waals surface area contributed by atoms with Crippen LogP contribution in [0.4, 0.5) is 5.82 Å². The van der Waals surface area contributed by atoms with Crippen LogP contribution in [0.15, 0.2) is 33.9 Å². The van der Waals surface area contributed by atoms with Crippen LogP contribution in [-0.4, -0.2) is 25.2 Å². The number of nitrogens with one attached hydrogen (secondary N) is 2. The Balaban J connectivity index is 2.27. The molecule has 0 aliphatic carbocycles. The first kappa shape index (κ1) is 17.9. The van der Waals surface area contributed by atoms with E-state index in [-0.39, 0.29) is 35.8 Å². The first-order valence-electron chi connectivity index (χ1n) is 8.16. The number of hydrogen-bond donors (Lipinski definition) is 2. The van der Waals surface area contributed by atoms with Gasteiger partial charge in [-0.3, -0.25) is 23.8 Å². The van der Waals surface area contributed by atoms with Crippen LogP contribution >= 0.6 is 11.6 Å². The Hall–Kier alpha value is -2.87. The lowest BCUT2D eigenvalue weighted by Gasteiger charge is -2.12. The van der Waals surface area contributed by atoms with E-state index in [1.165, 1.54) is 11.5 Å². The number of halogens is 1. The summed E-state index contributed by atoms with van der Waals surface area (Å²) in [6.07, 6.45) is 0.616. The molecule has 0 saturated carbocycles. The van der Waals surface area contributed by atoms with Gasteiger partial charge in [0, 0.05) is 18.5 Å². The minimum absolute atomic E-state index is 0.113. The van der Waals surface area contributed by atoms with Gasteiger partial charge in [0.1, 0.15) is 11.0 Å². The summed E-state index contributed by atoms with van der Waals surface area (Å²) >= 11 is 6.03. The Morgan fingerprint density at radius 3 is 2.73 bits per heavy atom. The van der Waals surface area contributed by atoms with E-state index in [2.05, 4.69) is 15.5 Å². The van der Waals surface area contributed by atoms with Crippen LogP contribution in [0.3, 0.4) is 0 Å². The predicted octanol–water partition coefficient (Wildman–Crippen LogP) is 1.96. The van der Waals surface area contributed by atoms with Gasteiger partial charge in [-0.2, -0.15) is 5.10 Å². The topological polar surface area (TPSA) is 102 Å². The molecule has 0 radical (unpaired) electrons. The molecule has 0 bridgehead atoms. The number of carbonyl (C=O) groups excluding carboxylic acids is 1. The molecular weight excluding hydrogens is 358 g/mol. The van der Waals surface area contributed by atoms with Gasteiger partial charge in [0.25, 0.3) is 5.56 Å². The number of H-pyrrole nitrogens is 1. The zero-order chi connectivity index (χ0) is 18.8. The second kappa shape index (κ2) is 7.17. The fourth-order valence-corrected chi connectivity index (χ4v) is 3.05. The highest BCUT2D eigenvalue weighted by molar-refractivity contribution is 6.30. The van der Waals surface area contributed by atoms with E-state index in [1.54, 1.807) is 18.2 Å². The molecule has 26 heavy (non-hydrogen) atoms. The standard InChI is InChI=1S/C17H18ClN5O3/c1-3-7-22-16(25)13-14(19-10(2)24)20-21-15(13)23(17(22)26)9-11-5-4-6-12(18)8-11/h4-6,8H,3,7,9H2,1-2H3,(H2,19,20,21,24). The van der Waals surface area contributed by atoms with Crippen molar-refractivity contribution in [3.63, 3.8) is 0 Å². The van der Waals surface area contributed by atoms with E-state index in [0.29, 0.717) is 11.4 Å². The van der Waals surface area contributed by atoms with Gasteiger partial charge in [-0.05, 0) is 24.1 Å². The van der Waals surface area contributed by atoms with Gasteiger partial charge in [0.2, 0.25) is 5.91 Å². The van der Waals surface area contributed by atoms with E-state index in [9.17, 15) is 14.4 Å². The van der Waals surface area contributed by atoms with Crippen LogP contribution < -0.4 is 16.6 Å². The van der Waals surface area contributed by atoms with Crippen LogP contribution in [0.5, 0.6) is 0 Å². The first-order valence-corrected chi connectivity index (χ1v) is 8.54. The Morgan fingerprint density at radius 1 is 1.31 bits per heavy atom. The number of hydrogen-bond acceptors (Lipinski definition) is 4. The van der Waals surface area contributed by atoms with E-state index in [0.717, 1.165) is 10.1 Å². The van der Waals surface area contributed by atoms with Gasteiger partial charge in [0.05, 0.1) is 6.54 Å². The molecule has 0 unspecified atom stereocenters. The molecule has 136 valence electrons. The number of anilines is 1. The molecule has 0 atom stereocenters. The summed E-state index contributed by atoms with van der Waals surface area (Å²) in [7, 11) is 0. The van der Waals surface area contributed by atoms with Crippen LogP contribution in [0.2, 0.25) is 5.02 Å². The Morgan fingerprint density at radius 2 is 2.08 bits per heavy atom. The van der Waals surface area contributed by atoms with Gasteiger partial charge in [0.15, 0.2) is 5.82 Å². The fraction of sp³-hybridized carbons (Fsp3) is 0.294. The summed E-state index contributed by atoms with van der Waals surface area (Å²) in [5.74, 6) is -0.241. The SMILES string of the molecule is CCCn1c(=O)c2c(NC(C)=O)n[nH]c2n(Cc2cccc(Cl)c2)c1=O. The normalized spacial score (nSPS) is 11.0. The van der Waals surface area contributed by atoms with E-state index in [4.69, 9.17) is 11.6 Å². The van der Waals surface area contributed by atoms with Gasteiger partial charge in [-0.15, -0.1) is 0 Å². The summed E-state index contributed by atoms with van der Waals surface area (Å²) in [6, 6.07) is 7.12. The Kier molecular flexibility index (Phi) is 4.94. The summed E-state index contributed by atoms with van der Waals surface area (Å²) < 4.78 is 2.59. The van der Waals surface area contributed by atoms with E-state index < -0.39 is 11.2 Å². The number of aromatic nitrogens is 4. The highest BCUT2D eigenvalue weighted by atomic mass is 35.5. The molecule has 8 nitrogen and oxygen atoms in total. The van der Waals surface area contributed by atoms with Gasteiger partial charge in [-0.1, -0.05) is 30.7 Å². The third-order valence-electron chi connectivity index (χ3n) is 3.91. The third-order valence-corrected chi connectivity index (χ3v) is 4.14. The van der Waals surface area contributed by atoms with Crippen molar-refractivity contribution in [1.29, 1.82) is 0 Å². The second-order valence-electron chi connectivity index (χ2n) is 5.93. The number of aromatic amines is 1. The lowest BCUT2D eigenvalue weighted by Crippen LogP contribution is -2.40. The van der Waals surface area contributed by atoms with Crippen LogP contribution in [0, 0.1) is 0 Å². The largest absolute Gasteiger partial charge is 0.332 e. The smallest absolute Gasteiger partial charge is 0.309 e. The molecule has 2 aromatic heterocycles. The number of carbonyl (C=O) groups is 1. The number of fused-ring (bicyclic) bond motifs is 1. The molecule has 0 aliphatic rings. The quantitative estimate of drug-likeness (QED) is 0.711. The lowest BCUT2D eigenvalue weighted by molar-refractivity contribution is -0.114. The lowest BCUT2D eigenvalue weighted by atomic mass is 10.2. The number of nitrogens with zero attached hydrogens (tertiary/aromatic N) is 3. The average molecular weight is 376 g/mol. The molecule has 9 heteroatoms. The van der Waals surface area contributed by atoms with Gasteiger partial charge >= 0.3 is 5.69 Å². The first-order chi connectivity index (χ1) is 12.4. The van der Waals surface area contributed by atoms with Crippen LogP contribution in [-0.2, 0) is 17.9 Å². The van der Waals surface area contributed by atoms with Crippen LogP contribution in [0.1, 0.15) is 25.8 Å². The second-order valence-corrected chi connectivity index (χ2v) is 6.37. The molecule has 2 N–H and O–H groups in total. The third kappa shape index (κ3) is 3.28. The molecule has 3 rings (SSSR count). The number of benzene rings is 1. The van der Waals surface area contributed by atoms with Crippen molar-refractivity contribution in [2.24, 2.45) is 0 Å². The zero-order valence-electron chi connectivity index (χ0n) is 14.4. The molecule has 1 amide bonds. The summed E-state index contributed by atoms with van der Waals surface area (Å²) in [5, 5.41) is 9.96. The molecule has 0 saturated heterocycles. The van der Waals surface area contributed by atoms with Crippen LogP contribution in [0.25, 0.3) is 11.0 Å². The number of amides is 1. The minimum Gasteiger partial charge on any atom is -0.309 e. The van der Waals surface area contributed by atoms with Crippen molar-refractivity contribution >= 4 is 34.4 Å². The molecule has 3 aromatic rings. The van der Waals surface area contributed by atoms with Gasteiger partial charge in [-0.25, -0.2) is 4.79 Å². The van der Waals surface area contributed by atoms with Crippen molar-refractivity contribution in [2.75, 3.05) is 5.32 Å². The predicted molar refractivity (Wildman–Crippen MR) is 99.8 cm³/mol. The van der Waals surface area contributed by atoms with Crippen molar-refractivity contribution in [3.8, 4) is 0 Å². The van der Waals surface area contributed by atoms with Crippen molar-refractivity contribution < 1.29 is 4.79 Å². The minimum atomic E-state index is -0.480. The van der Waals surface area contributed by atoms with E-state index in [1.807, 2.05) is 13.0 Å². The zero-order valence-corrected chi connectivity index (χ0v) is 15.1. The molecule has 0 spiro atoms. The highest BCUT2D eigenvalue weighted by Gasteiger charge is 2.19. The number of rotatable bonds is 5. The molecule has 1 aromatic carbocycles. The Bertz CT molecular complexity index is 1100. The molecule has 2 heterocycles. The fourth-order valence-electron chi connectivity index (χ4n) is 2.84. The summed E-state index contributed by atoms with van der Waals surface area (Å²) in [5.41, 5.74) is 0.142. The Labute approximate surface area is 153 Å². The molecule has 0 fully saturated rings. The monoisotopic (exact) mass is 375 g/mol.